The maximum absolute atomic E-state index is 13.4. The predicted octanol–water partition coefficient (Wildman–Crippen LogP) is 3.17. The van der Waals surface area contributed by atoms with E-state index >= 15 is 0 Å². The zero-order chi connectivity index (χ0) is 14.1. The first-order valence-corrected chi connectivity index (χ1v) is 7.75. The quantitative estimate of drug-likeness (QED) is 0.327. The highest BCUT2D eigenvalue weighted by atomic mass is 127. The number of hydrogen-bond donors (Lipinski definition) is 2. The number of guanidine groups is 1. The fourth-order valence-corrected chi connectivity index (χ4v) is 2.01. The van der Waals surface area contributed by atoms with Gasteiger partial charge in [0.2, 0.25) is 0 Å². The van der Waals surface area contributed by atoms with Gasteiger partial charge in [-0.3, -0.25) is 4.99 Å². The SMILES string of the molecule is CN=C(NCCCSC)NCc1ccc(C)c(F)c1.I. The Hall–Kier alpha value is -0.500. The summed E-state index contributed by atoms with van der Waals surface area (Å²) >= 11 is 1.83. The highest BCUT2D eigenvalue weighted by Crippen LogP contribution is 2.08. The average Bonchev–Trinajstić information content (AvgIpc) is 2.42. The van der Waals surface area contributed by atoms with Crippen LogP contribution in [0.1, 0.15) is 17.5 Å². The Balaban J connectivity index is 0.00000361. The van der Waals surface area contributed by atoms with Crippen LogP contribution in [-0.4, -0.2) is 31.6 Å². The van der Waals surface area contributed by atoms with Crippen molar-refractivity contribution in [1.82, 2.24) is 10.6 Å². The average molecular weight is 411 g/mol. The van der Waals surface area contributed by atoms with Crippen molar-refractivity contribution in [2.45, 2.75) is 19.9 Å². The number of benzene rings is 1. The Morgan fingerprint density at radius 2 is 2.10 bits per heavy atom. The number of halogens is 2. The third-order valence-corrected chi connectivity index (χ3v) is 3.43. The summed E-state index contributed by atoms with van der Waals surface area (Å²) < 4.78 is 13.4. The predicted molar refractivity (Wildman–Crippen MR) is 97.8 cm³/mol. The lowest BCUT2D eigenvalue weighted by Crippen LogP contribution is -2.37. The molecular formula is C14H23FIN3S. The Kier molecular flexibility index (Phi) is 10.9. The maximum Gasteiger partial charge on any atom is 0.191 e. The van der Waals surface area contributed by atoms with Gasteiger partial charge in [-0.25, -0.2) is 4.39 Å². The Morgan fingerprint density at radius 1 is 1.35 bits per heavy atom. The number of aliphatic imine (C=N–C) groups is 1. The second-order valence-electron chi connectivity index (χ2n) is 4.28. The molecule has 0 atom stereocenters. The normalized spacial score (nSPS) is 10.9. The molecule has 114 valence electrons. The van der Waals surface area contributed by atoms with Crippen LogP contribution in [0.3, 0.4) is 0 Å². The van der Waals surface area contributed by atoms with Crippen molar-refractivity contribution >= 4 is 41.7 Å². The Morgan fingerprint density at radius 3 is 2.70 bits per heavy atom. The Bertz CT molecular complexity index is 427. The van der Waals surface area contributed by atoms with Gasteiger partial charge in [0.15, 0.2) is 5.96 Å². The van der Waals surface area contributed by atoms with Crippen molar-refractivity contribution in [1.29, 1.82) is 0 Å². The van der Waals surface area contributed by atoms with Gasteiger partial charge in [-0.1, -0.05) is 12.1 Å². The second-order valence-corrected chi connectivity index (χ2v) is 5.27. The maximum atomic E-state index is 13.4. The van der Waals surface area contributed by atoms with Gasteiger partial charge in [-0.05, 0) is 42.5 Å². The van der Waals surface area contributed by atoms with E-state index < -0.39 is 0 Å². The highest BCUT2D eigenvalue weighted by Gasteiger charge is 2.01. The summed E-state index contributed by atoms with van der Waals surface area (Å²) in [6.07, 6.45) is 3.19. The van der Waals surface area contributed by atoms with Crippen LogP contribution in [-0.2, 0) is 6.54 Å². The van der Waals surface area contributed by atoms with Crippen LogP contribution in [0.5, 0.6) is 0 Å². The highest BCUT2D eigenvalue weighted by molar-refractivity contribution is 14.0. The molecule has 1 aromatic rings. The van der Waals surface area contributed by atoms with E-state index in [2.05, 4.69) is 21.9 Å². The zero-order valence-electron chi connectivity index (χ0n) is 12.2. The van der Waals surface area contributed by atoms with Crippen LogP contribution in [0.2, 0.25) is 0 Å². The summed E-state index contributed by atoms with van der Waals surface area (Å²) in [5.41, 5.74) is 1.58. The lowest BCUT2D eigenvalue weighted by molar-refractivity contribution is 0.615. The molecule has 0 spiro atoms. The zero-order valence-corrected chi connectivity index (χ0v) is 15.3. The first kappa shape index (κ1) is 19.5. The van der Waals surface area contributed by atoms with Gasteiger partial charge in [0.1, 0.15) is 5.82 Å². The van der Waals surface area contributed by atoms with Crippen LogP contribution in [0.25, 0.3) is 0 Å². The van der Waals surface area contributed by atoms with Crippen molar-refractivity contribution in [2.24, 2.45) is 4.99 Å². The molecule has 0 amide bonds. The van der Waals surface area contributed by atoms with E-state index in [1.54, 1.807) is 26.1 Å². The van der Waals surface area contributed by atoms with Crippen LogP contribution in [0.4, 0.5) is 4.39 Å². The molecule has 0 heterocycles. The molecule has 0 unspecified atom stereocenters. The molecule has 0 saturated heterocycles. The van der Waals surface area contributed by atoms with Gasteiger partial charge < -0.3 is 10.6 Å². The van der Waals surface area contributed by atoms with E-state index in [1.807, 2.05) is 17.8 Å². The van der Waals surface area contributed by atoms with Gasteiger partial charge in [0.25, 0.3) is 0 Å². The van der Waals surface area contributed by atoms with Crippen LogP contribution < -0.4 is 10.6 Å². The van der Waals surface area contributed by atoms with Crippen LogP contribution in [0, 0.1) is 12.7 Å². The van der Waals surface area contributed by atoms with E-state index in [9.17, 15) is 4.39 Å². The fraction of sp³-hybridized carbons (Fsp3) is 0.500. The van der Waals surface area contributed by atoms with Crippen molar-refractivity contribution in [3.8, 4) is 0 Å². The molecule has 0 aliphatic heterocycles. The smallest absolute Gasteiger partial charge is 0.191 e. The van der Waals surface area contributed by atoms with E-state index in [-0.39, 0.29) is 29.8 Å². The minimum atomic E-state index is -0.165. The number of nitrogens with zero attached hydrogens (tertiary/aromatic N) is 1. The molecule has 1 rings (SSSR count). The molecule has 0 aliphatic carbocycles. The number of rotatable bonds is 6. The van der Waals surface area contributed by atoms with Crippen molar-refractivity contribution in [3.05, 3.63) is 35.1 Å². The van der Waals surface area contributed by atoms with Crippen LogP contribution >= 0.6 is 35.7 Å². The fourth-order valence-electron chi connectivity index (χ4n) is 1.58. The lowest BCUT2D eigenvalue weighted by atomic mass is 10.1. The van der Waals surface area contributed by atoms with Gasteiger partial charge in [-0.2, -0.15) is 11.8 Å². The molecule has 20 heavy (non-hydrogen) atoms. The summed E-state index contributed by atoms with van der Waals surface area (Å²) in [5.74, 6) is 1.72. The van der Waals surface area contributed by atoms with E-state index in [0.717, 1.165) is 30.2 Å². The van der Waals surface area contributed by atoms with Crippen molar-refractivity contribution in [3.63, 3.8) is 0 Å². The number of hydrogen-bond acceptors (Lipinski definition) is 2. The molecule has 0 aliphatic rings. The minimum Gasteiger partial charge on any atom is -0.356 e. The van der Waals surface area contributed by atoms with Crippen LogP contribution in [0.15, 0.2) is 23.2 Å². The molecule has 0 aromatic heterocycles. The summed E-state index contributed by atoms with van der Waals surface area (Å²) in [5, 5.41) is 6.41. The van der Waals surface area contributed by atoms with Crippen molar-refractivity contribution < 1.29 is 4.39 Å². The molecule has 0 saturated carbocycles. The van der Waals surface area contributed by atoms with E-state index in [1.165, 1.54) is 0 Å². The topological polar surface area (TPSA) is 36.4 Å². The van der Waals surface area contributed by atoms with Gasteiger partial charge in [0.05, 0.1) is 0 Å². The van der Waals surface area contributed by atoms with Gasteiger partial charge in [-0.15, -0.1) is 24.0 Å². The van der Waals surface area contributed by atoms with Crippen molar-refractivity contribution in [2.75, 3.05) is 25.6 Å². The second kappa shape index (κ2) is 11.2. The first-order chi connectivity index (χ1) is 9.17. The lowest BCUT2D eigenvalue weighted by Gasteiger charge is -2.12. The molecule has 2 N–H and O–H groups in total. The third kappa shape index (κ3) is 7.33. The number of nitrogens with one attached hydrogen (secondary N) is 2. The molecule has 0 bridgehead atoms. The molecule has 0 radical (unpaired) electrons. The molecule has 3 nitrogen and oxygen atoms in total. The van der Waals surface area contributed by atoms with Gasteiger partial charge >= 0.3 is 0 Å². The van der Waals surface area contributed by atoms with E-state index in [4.69, 9.17) is 0 Å². The van der Waals surface area contributed by atoms with E-state index in [0.29, 0.717) is 12.1 Å². The molecular weight excluding hydrogens is 388 g/mol. The monoisotopic (exact) mass is 411 g/mol. The molecule has 6 heteroatoms. The summed E-state index contributed by atoms with van der Waals surface area (Å²) in [6.45, 7) is 3.22. The number of aryl methyl sites for hydroxylation is 1. The summed E-state index contributed by atoms with van der Waals surface area (Å²) in [6, 6.07) is 5.27. The van der Waals surface area contributed by atoms with Gasteiger partial charge in [0, 0.05) is 20.1 Å². The molecule has 0 fully saturated rings. The summed E-state index contributed by atoms with van der Waals surface area (Å²) in [7, 11) is 1.74. The first-order valence-electron chi connectivity index (χ1n) is 6.36. The minimum absolute atomic E-state index is 0. The summed E-state index contributed by atoms with van der Waals surface area (Å²) in [4.78, 5) is 4.13. The standard InChI is InChI=1S/C14H22FN3S.HI/c1-11-5-6-12(9-13(11)15)10-18-14(16-2)17-7-4-8-19-3;/h5-6,9H,4,7-8,10H2,1-3H3,(H2,16,17,18);1H. The Labute approximate surface area is 142 Å². The third-order valence-electron chi connectivity index (χ3n) is 2.74. The largest absolute Gasteiger partial charge is 0.356 e. The molecule has 1 aromatic carbocycles. The number of thioether (sulfide) groups is 1.